The summed E-state index contributed by atoms with van der Waals surface area (Å²) in [5.41, 5.74) is 6.22. The van der Waals surface area contributed by atoms with Gasteiger partial charge in [-0.25, -0.2) is 0 Å². The average Bonchev–Trinajstić information content (AvgIpc) is 3.72. The molecular weight excluding hydrogens is 780 g/mol. The zero-order chi connectivity index (χ0) is 41.9. The van der Waals surface area contributed by atoms with Crippen LogP contribution in [0.15, 0.2) is 54.6 Å². The summed E-state index contributed by atoms with van der Waals surface area (Å²) in [5, 5.41) is 12.2. The number of amides is 5. The second kappa shape index (κ2) is 15.9. The molecule has 2 atom stereocenters. The lowest BCUT2D eigenvalue weighted by Crippen LogP contribution is -2.54. The molecule has 0 aromatic heterocycles. The fraction of sp³-hybridized carbons (Fsp3) is 0.478. The van der Waals surface area contributed by atoms with Crippen LogP contribution in [0.4, 0.5) is 17.1 Å². The Morgan fingerprint density at radius 2 is 1.48 bits per heavy atom. The van der Waals surface area contributed by atoms with Crippen LogP contribution in [-0.2, 0) is 9.59 Å². The molecule has 5 amide bonds. The minimum absolute atomic E-state index is 0.0765. The number of anilines is 3. The first-order valence-corrected chi connectivity index (χ1v) is 21.8. The van der Waals surface area contributed by atoms with Gasteiger partial charge in [0, 0.05) is 100 Å². The number of fused-ring (bicyclic) bond motifs is 1. The molecule has 0 saturated carbocycles. The predicted octanol–water partition coefficient (Wildman–Crippen LogP) is 5.23. The average molecular weight is 831 g/mol. The summed E-state index contributed by atoms with van der Waals surface area (Å²) in [6, 6.07) is 19.4. The predicted molar refractivity (Wildman–Crippen MR) is 228 cm³/mol. The first-order chi connectivity index (χ1) is 28.9. The summed E-state index contributed by atoms with van der Waals surface area (Å²) in [6.45, 7) is 11.9. The number of rotatable bonds is 6. The van der Waals surface area contributed by atoms with Crippen molar-refractivity contribution in [3.63, 3.8) is 0 Å². The normalized spacial score (nSPS) is 23.7. The maximum Gasteiger partial charge on any atom is 0.262 e. The highest BCUT2D eigenvalue weighted by Gasteiger charge is 2.46. The van der Waals surface area contributed by atoms with Gasteiger partial charge in [-0.1, -0.05) is 11.6 Å². The molecule has 9 rings (SSSR count). The fourth-order valence-corrected chi connectivity index (χ4v) is 10.9. The van der Waals surface area contributed by atoms with Crippen LogP contribution in [0.1, 0.15) is 94.1 Å². The lowest BCUT2D eigenvalue weighted by atomic mass is 9.76. The zero-order valence-corrected chi connectivity index (χ0v) is 35.0. The SMILES string of the molecule is Cc1c(N2CC3(CCN(c4ccc(C(=O)N5CCN(C6CCN(c7ccc8c(c7)C(=O)N(C7CCC(=O)NC7=O)C8=O)CC6)CC5)cc4)CC3)CC2C)ccc(C#N)c1Cl. The molecule has 5 saturated heterocycles. The maximum atomic E-state index is 13.6. The van der Waals surface area contributed by atoms with Crippen molar-refractivity contribution in [2.24, 2.45) is 5.41 Å². The smallest absolute Gasteiger partial charge is 0.262 e. The van der Waals surface area contributed by atoms with Gasteiger partial charge in [0.05, 0.1) is 21.7 Å². The summed E-state index contributed by atoms with van der Waals surface area (Å²) in [6.07, 6.45) is 5.45. The van der Waals surface area contributed by atoms with Crippen LogP contribution in [0.25, 0.3) is 0 Å². The van der Waals surface area contributed by atoms with E-state index in [2.05, 4.69) is 56.1 Å². The molecule has 1 spiro atoms. The van der Waals surface area contributed by atoms with Crippen molar-refractivity contribution in [2.45, 2.75) is 76.9 Å². The standard InChI is InChI=1S/C46H51ClN8O5/c1-29-26-46(28-54(29)38-10-5-32(27-48)41(47)30(38)2)15-19-51(20-16-46)33-6-3-31(4-7-33)43(58)53-23-21-52(22-24-53)34-13-17-50(18-14-34)35-8-9-36-37(25-35)45(60)55(44(36)59)39-11-12-40(56)49-42(39)57/h3-10,25,29,34,39H,11-24,26,28H2,1-2H3,(H,49,56,57). The Kier molecular flexibility index (Phi) is 10.6. The number of piperazine rings is 1. The van der Waals surface area contributed by atoms with Crippen LogP contribution in [-0.4, -0.2) is 121 Å². The first-order valence-electron chi connectivity index (χ1n) is 21.4. The van der Waals surface area contributed by atoms with Crippen LogP contribution >= 0.6 is 11.6 Å². The number of nitrogens with zero attached hydrogens (tertiary/aromatic N) is 7. The van der Waals surface area contributed by atoms with Gasteiger partial charge in [-0.15, -0.1) is 0 Å². The Bertz CT molecular complexity index is 2290. The minimum Gasteiger partial charge on any atom is -0.371 e. The lowest BCUT2D eigenvalue weighted by molar-refractivity contribution is -0.136. The second-order valence-corrected chi connectivity index (χ2v) is 18.0. The molecule has 1 N–H and O–H groups in total. The summed E-state index contributed by atoms with van der Waals surface area (Å²) in [5.74, 6) is -1.91. The van der Waals surface area contributed by atoms with E-state index in [1.807, 2.05) is 36.1 Å². The summed E-state index contributed by atoms with van der Waals surface area (Å²) >= 11 is 6.55. The number of piperidine rings is 3. The van der Waals surface area contributed by atoms with E-state index < -0.39 is 29.7 Å². The van der Waals surface area contributed by atoms with Gasteiger partial charge in [0.1, 0.15) is 12.1 Å². The molecular formula is C46H51ClN8O5. The third kappa shape index (κ3) is 7.17. The summed E-state index contributed by atoms with van der Waals surface area (Å²) < 4.78 is 0. The first kappa shape index (κ1) is 40.0. The van der Waals surface area contributed by atoms with Gasteiger partial charge in [0.2, 0.25) is 11.8 Å². The third-order valence-corrected chi connectivity index (χ3v) is 14.7. The van der Waals surface area contributed by atoms with E-state index in [4.69, 9.17) is 11.6 Å². The quantitative estimate of drug-likeness (QED) is 0.329. The molecule has 13 nitrogen and oxygen atoms in total. The zero-order valence-electron chi connectivity index (χ0n) is 34.3. The van der Waals surface area contributed by atoms with E-state index in [1.165, 1.54) is 0 Å². The Hall–Kier alpha value is -5.45. The van der Waals surface area contributed by atoms with Crippen LogP contribution in [0.3, 0.4) is 0 Å². The van der Waals surface area contributed by atoms with Gasteiger partial charge < -0.3 is 19.6 Å². The molecule has 3 aromatic carbocycles. The molecule has 0 bridgehead atoms. The van der Waals surface area contributed by atoms with Crippen LogP contribution in [0.2, 0.25) is 5.02 Å². The number of nitriles is 1. The van der Waals surface area contributed by atoms with E-state index in [1.54, 1.807) is 12.1 Å². The largest absolute Gasteiger partial charge is 0.371 e. The molecule has 3 aromatic rings. The van der Waals surface area contributed by atoms with Crippen molar-refractivity contribution in [3.8, 4) is 6.07 Å². The molecule has 0 aliphatic carbocycles. The second-order valence-electron chi connectivity index (χ2n) is 17.6. The van der Waals surface area contributed by atoms with E-state index in [0.29, 0.717) is 41.3 Å². The molecule has 312 valence electrons. The van der Waals surface area contributed by atoms with Crippen molar-refractivity contribution in [3.05, 3.63) is 87.4 Å². The Morgan fingerprint density at radius 1 is 0.817 bits per heavy atom. The fourth-order valence-electron chi connectivity index (χ4n) is 10.7. The number of imide groups is 2. The van der Waals surface area contributed by atoms with E-state index in [0.717, 1.165) is 111 Å². The Balaban J connectivity index is 0.738. The number of carbonyl (C=O) groups is 5. The highest BCUT2D eigenvalue weighted by molar-refractivity contribution is 6.33. The van der Waals surface area contributed by atoms with Crippen molar-refractivity contribution in [1.29, 1.82) is 5.26 Å². The summed E-state index contributed by atoms with van der Waals surface area (Å²) in [7, 11) is 0. The van der Waals surface area contributed by atoms with Crippen molar-refractivity contribution in [2.75, 3.05) is 73.6 Å². The van der Waals surface area contributed by atoms with Gasteiger partial charge in [0.25, 0.3) is 17.7 Å². The highest BCUT2D eigenvalue weighted by atomic mass is 35.5. The molecule has 2 unspecified atom stereocenters. The monoisotopic (exact) mass is 830 g/mol. The molecule has 6 aliphatic rings. The van der Waals surface area contributed by atoms with Crippen molar-refractivity contribution >= 4 is 58.2 Å². The molecule has 14 heteroatoms. The molecule has 6 heterocycles. The molecule has 5 fully saturated rings. The van der Waals surface area contributed by atoms with E-state index in [-0.39, 0.29) is 29.7 Å². The number of carbonyl (C=O) groups excluding carboxylic acids is 5. The molecule has 60 heavy (non-hydrogen) atoms. The lowest BCUT2D eigenvalue weighted by Gasteiger charge is -2.43. The van der Waals surface area contributed by atoms with Gasteiger partial charge in [-0.3, -0.25) is 39.1 Å². The highest BCUT2D eigenvalue weighted by Crippen LogP contribution is 2.47. The van der Waals surface area contributed by atoms with Crippen LogP contribution in [0.5, 0.6) is 0 Å². The van der Waals surface area contributed by atoms with E-state index >= 15 is 0 Å². The van der Waals surface area contributed by atoms with Crippen molar-refractivity contribution < 1.29 is 24.0 Å². The Labute approximate surface area is 355 Å². The van der Waals surface area contributed by atoms with Gasteiger partial charge in [-0.2, -0.15) is 5.26 Å². The molecule has 0 radical (unpaired) electrons. The van der Waals surface area contributed by atoms with Crippen LogP contribution in [0, 0.1) is 23.7 Å². The maximum absolute atomic E-state index is 13.6. The van der Waals surface area contributed by atoms with Crippen molar-refractivity contribution in [1.82, 2.24) is 20.0 Å². The Morgan fingerprint density at radius 3 is 2.17 bits per heavy atom. The van der Waals surface area contributed by atoms with Gasteiger partial charge >= 0.3 is 0 Å². The summed E-state index contributed by atoms with van der Waals surface area (Å²) in [4.78, 5) is 76.9. The molecule has 6 aliphatic heterocycles. The topological polar surface area (TPSA) is 141 Å². The van der Waals surface area contributed by atoms with Gasteiger partial charge in [0.15, 0.2) is 0 Å². The van der Waals surface area contributed by atoms with Crippen LogP contribution < -0.4 is 20.0 Å². The number of hydrogen-bond acceptors (Lipinski definition) is 10. The van der Waals surface area contributed by atoms with Gasteiger partial charge in [-0.05, 0) is 118 Å². The minimum atomic E-state index is -0.979. The number of halogens is 1. The number of hydrogen-bond donors (Lipinski definition) is 1. The number of nitrogens with one attached hydrogen (secondary N) is 1. The third-order valence-electron chi connectivity index (χ3n) is 14.2. The van der Waals surface area contributed by atoms with E-state index in [9.17, 15) is 29.2 Å². The number of benzene rings is 3.